The first kappa shape index (κ1) is 25.8. The Balaban J connectivity index is 0.00000363. The molecule has 0 aliphatic carbocycles. The number of hydrogen-bond donors (Lipinski definition) is 4. The molecule has 174 valence electrons. The molecule has 0 saturated carbocycles. The number of fused-ring (bicyclic) bond motifs is 1. The monoisotopic (exact) mass is 552 g/mol. The summed E-state index contributed by atoms with van der Waals surface area (Å²) >= 11 is 0. The molecule has 8 heteroatoms. The number of rotatable bonds is 10. The van der Waals surface area contributed by atoms with Crippen molar-refractivity contribution in [2.24, 2.45) is 4.99 Å². The van der Waals surface area contributed by atoms with Crippen molar-refractivity contribution in [3.05, 3.63) is 59.8 Å². The van der Waals surface area contributed by atoms with Crippen molar-refractivity contribution in [1.82, 2.24) is 15.6 Å². The van der Waals surface area contributed by atoms with Crippen molar-refractivity contribution in [1.29, 1.82) is 0 Å². The Labute approximate surface area is 206 Å². The third kappa shape index (κ3) is 6.77. The van der Waals surface area contributed by atoms with Gasteiger partial charge in [-0.3, -0.25) is 4.99 Å². The minimum atomic E-state index is 0. The molecular formula is C24H33IN4O3. The van der Waals surface area contributed by atoms with Crippen molar-refractivity contribution in [3.63, 3.8) is 0 Å². The third-order valence-corrected chi connectivity index (χ3v) is 5.33. The fourth-order valence-electron chi connectivity index (χ4n) is 3.60. The summed E-state index contributed by atoms with van der Waals surface area (Å²) < 4.78 is 10.8. The van der Waals surface area contributed by atoms with Gasteiger partial charge in [-0.05, 0) is 24.5 Å². The van der Waals surface area contributed by atoms with Crippen LogP contribution in [-0.4, -0.2) is 57.0 Å². The van der Waals surface area contributed by atoms with E-state index < -0.39 is 0 Å². The van der Waals surface area contributed by atoms with Gasteiger partial charge in [0.2, 0.25) is 0 Å². The van der Waals surface area contributed by atoms with Gasteiger partial charge in [-0.15, -0.1) is 24.0 Å². The van der Waals surface area contributed by atoms with Crippen LogP contribution < -0.4 is 20.1 Å². The molecule has 4 N–H and O–H groups in total. The molecule has 0 radical (unpaired) electrons. The van der Waals surface area contributed by atoms with Gasteiger partial charge in [-0.1, -0.05) is 30.3 Å². The molecule has 1 atom stereocenters. The first-order valence-corrected chi connectivity index (χ1v) is 10.5. The average Bonchev–Trinajstić information content (AvgIpc) is 3.23. The minimum absolute atomic E-state index is 0. The Morgan fingerprint density at radius 2 is 1.88 bits per heavy atom. The maximum Gasteiger partial charge on any atom is 0.190 e. The fraction of sp³-hybridized carbons (Fsp3) is 0.375. The molecular weight excluding hydrogens is 519 g/mol. The van der Waals surface area contributed by atoms with Gasteiger partial charge in [-0.25, -0.2) is 0 Å². The van der Waals surface area contributed by atoms with Crippen molar-refractivity contribution in [3.8, 4) is 11.5 Å². The maximum absolute atomic E-state index is 9.71. The zero-order valence-electron chi connectivity index (χ0n) is 18.9. The number of halogens is 1. The second-order valence-corrected chi connectivity index (χ2v) is 7.36. The molecule has 0 amide bonds. The number of aliphatic hydroxyl groups excluding tert-OH is 1. The summed E-state index contributed by atoms with van der Waals surface area (Å²) in [6.45, 7) is 1.48. The van der Waals surface area contributed by atoms with E-state index in [0.29, 0.717) is 6.54 Å². The predicted octanol–water partition coefficient (Wildman–Crippen LogP) is 3.68. The lowest BCUT2D eigenvalue weighted by molar-refractivity contribution is 0.265. The first-order chi connectivity index (χ1) is 15.2. The smallest absolute Gasteiger partial charge is 0.190 e. The van der Waals surface area contributed by atoms with Crippen molar-refractivity contribution >= 4 is 40.8 Å². The van der Waals surface area contributed by atoms with Gasteiger partial charge in [-0.2, -0.15) is 0 Å². The van der Waals surface area contributed by atoms with Gasteiger partial charge in [0.25, 0.3) is 0 Å². The maximum atomic E-state index is 9.71. The van der Waals surface area contributed by atoms with E-state index in [1.54, 1.807) is 21.3 Å². The third-order valence-electron chi connectivity index (χ3n) is 5.33. The number of ether oxygens (including phenoxy) is 2. The Bertz CT molecular complexity index is 992. The number of hydrogen-bond acceptors (Lipinski definition) is 4. The number of nitrogens with one attached hydrogen (secondary N) is 3. The van der Waals surface area contributed by atoms with E-state index in [4.69, 9.17) is 9.47 Å². The van der Waals surface area contributed by atoms with E-state index >= 15 is 0 Å². The molecule has 0 aliphatic rings. The molecule has 2 aromatic carbocycles. The van der Waals surface area contributed by atoms with Crippen LogP contribution in [0.15, 0.2) is 53.5 Å². The van der Waals surface area contributed by atoms with Gasteiger partial charge in [0.1, 0.15) is 11.5 Å². The molecule has 1 unspecified atom stereocenters. The lowest BCUT2D eigenvalue weighted by Gasteiger charge is -2.18. The molecule has 0 fully saturated rings. The molecule has 0 bridgehead atoms. The number of methoxy groups -OCH3 is 2. The molecule has 1 heterocycles. The Kier molecular flexibility index (Phi) is 10.6. The number of aromatic nitrogens is 1. The van der Waals surface area contributed by atoms with Crippen LogP contribution in [0, 0.1) is 0 Å². The second-order valence-electron chi connectivity index (χ2n) is 7.36. The SMILES string of the molecule is CN=C(NCCCc1cc2c(OC)cc(OC)cc2[nH]1)NCC(CO)c1ccccc1.I. The van der Waals surface area contributed by atoms with Gasteiger partial charge in [0, 0.05) is 49.3 Å². The van der Waals surface area contributed by atoms with Crippen LogP contribution in [0.4, 0.5) is 0 Å². The predicted molar refractivity (Wildman–Crippen MR) is 141 cm³/mol. The molecule has 1 aromatic heterocycles. The van der Waals surface area contributed by atoms with Gasteiger partial charge in [0.05, 0.1) is 26.3 Å². The highest BCUT2D eigenvalue weighted by Crippen LogP contribution is 2.31. The number of nitrogens with zero attached hydrogens (tertiary/aromatic N) is 1. The summed E-state index contributed by atoms with van der Waals surface area (Å²) in [5, 5.41) is 17.4. The molecule has 3 aromatic rings. The van der Waals surface area contributed by atoms with Crippen LogP contribution in [0.2, 0.25) is 0 Å². The Morgan fingerprint density at radius 3 is 2.53 bits per heavy atom. The normalized spacial score (nSPS) is 12.2. The lowest BCUT2D eigenvalue weighted by Crippen LogP contribution is -2.40. The standard InChI is InChI=1S/C24H32N4O3.HI/c1-25-24(27-15-18(16-29)17-8-5-4-6-9-17)26-11-7-10-19-12-21-22(28-19)13-20(30-2)14-23(21)31-3;/h4-6,8-9,12-14,18,28-29H,7,10-11,15-16H2,1-3H3,(H2,25,26,27);1H. The second kappa shape index (κ2) is 13.2. The average molecular weight is 552 g/mol. The summed E-state index contributed by atoms with van der Waals surface area (Å²) in [5.74, 6) is 2.33. The van der Waals surface area contributed by atoms with Crippen LogP contribution in [0.25, 0.3) is 10.9 Å². The van der Waals surface area contributed by atoms with Crippen LogP contribution in [0.1, 0.15) is 23.6 Å². The van der Waals surface area contributed by atoms with Crippen LogP contribution in [0.5, 0.6) is 11.5 Å². The van der Waals surface area contributed by atoms with E-state index in [9.17, 15) is 5.11 Å². The van der Waals surface area contributed by atoms with E-state index in [1.165, 1.54) is 0 Å². The van der Waals surface area contributed by atoms with Crippen molar-refractivity contribution < 1.29 is 14.6 Å². The zero-order valence-corrected chi connectivity index (χ0v) is 21.2. The minimum Gasteiger partial charge on any atom is -0.497 e. The largest absolute Gasteiger partial charge is 0.497 e. The van der Waals surface area contributed by atoms with E-state index in [1.807, 2.05) is 42.5 Å². The van der Waals surface area contributed by atoms with Crippen molar-refractivity contribution in [2.75, 3.05) is 41.0 Å². The van der Waals surface area contributed by atoms with Crippen LogP contribution in [0.3, 0.4) is 0 Å². The molecule has 7 nitrogen and oxygen atoms in total. The highest BCUT2D eigenvalue weighted by molar-refractivity contribution is 14.0. The number of benzene rings is 2. The molecule has 0 spiro atoms. The quantitative estimate of drug-likeness (QED) is 0.133. The number of aliphatic imine (C=N–C) groups is 1. The van der Waals surface area contributed by atoms with Gasteiger partial charge >= 0.3 is 0 Å². The van der Waals surface area contributed by atoms with Gasteiger partial charge in [0.15, 0.2) is 5.96 Å². The summed E-state index contributed by atoms with van der Waals surface area (Å²) in [7, 11) is 5.07. The van der Waals surface area contributed by atoms with Gasteiger partial charge < -0.3 is 30.2 Å². The molecule has 32 heavy (non-hydrogen) atoms. The van der Waals surface area contributed by atoms with E-state index in [0.717, 1.165) is 59.0 Å². The molecule has 0 aliphatic heterocycles. The number of aliphatic hydroxyl groups is 1. The highest BCUT2D eigenvalue weighted by Gasteiger charge is 2.11. The Hall–Kier alpha value is -2.46. The summed E-state index contributed by atoms with van der Waals surface area (Å²) in [6.07, 6.45) is 1.84. The fourth-order valence-corrected chi connectivity index (χ4v) is 3.60. The topological polar surface area (TPSA) is 90.9 Å². The van der Waals surface area contributed by atoms with Crippen molar-refractivity contribution in [2.45, 2.75) is 18.8 Å². The lowest BCUT2D eigenvalue weighted by atomic mass is 10.0. The molecule has 0 saturated heterocycles. The first-order valence-electron chi connectivity index (χ1n) is 10.5. The van der Waals surface area contributed by atoms with E-state index in [-0.39, 0.29) is 36.5 Å². The summed E-state index contributed by atoms with van der Waals surface area (Å²) in [4.78, 5) is 7.74. The number of aryl methyl sites for hydroxylation is 1. The Morgan fingerprint density at radius 1 is 1.09 bits per heavy atom. The summed E-state index contributed by atoms with van der Waals surface area (Å²) in [6, 6.07) is 16.0. The highest BCUT2D eigenvalue weighted by atomic mass is 127. The number of H-pyrrole nitrogens is 1. The van der Waals surface area contributed by atoms with Crippen LogP contribution in [-0.2, 0) is 6.42 Å². The zero-order chi connectivity index (χ0) is 22.1. The number of guanidine groups is 1. The van der Waals surface area contributed by atoms with Crippen LogP contribution >= 0.6 is 24.0 Å². The van der Waals surface area contributed by atoms with E-state index in [2.05, 4.69) is 26.7 Å². The molecule has 3 rings (SSSR count). The summed E-state index contributed by atoms with van der Waals surface area (Å²) in [5.41, 5.74) is 3.27. The number of aromatic amines is 1.